The molecule has 1 aromatic rings. The number of carbonyl (C=O) groups is 3. The zero-order chi connectivity index (χ0) is 21.6. The minimum Gasteiger partial charge on any atom is -0.478 e. The summed E-state index contributed by atoms with van der Waals surface area (Å²) in [5.41, 5.74) is 1.06. The summed E-state index contributed by atoms with van der Waals surface area (Å²) in [6, 6.07) is 6.02. The average molecular weight is 418 g/mol. The predicted octanol–water partition coefficient (Wildman–Crippen LogP) is 4.14. The lowest BCUT2D eigenvalue weighted by atomic mass is 10.1. The minimum atomic E-state index is -1.44. The van der Waals surface area contributed by atoms with Crippen LogP contribution in [0.1, 0.15) is 30.6 Å². The van der Waals surface area contributed by atoms with E-state index in [1.165, 1.54) is 12.1 Å². The van der Waals surface area contributed by atoms with Crippen LogP contribution < -0.4 is 5.32 Å². The molecule has 1 aliphatic heterocycles. The van der Waals surface area contributed by atoms with Gasteiger partial charge in [-0.3, -0.25) is 0 Å². The minimum absolute atomic E-state index is 0.0509. The Labute approximate surface area is 173 Å². The van der Waals surface area contributed by atoms with E-state index in [2.05, 4.69) is 11.9 Å². The van der Waals surface area contributed by atoms with Gasteiger partial charge in [0.25, 0.3) is 6.29 Å². The number of hydrogen-bond acceptors (Lipinski definition) is 6. The van der Waals surface area contributed by atoms with Crippen molar-refractivity contribution in [2.45, 2.75) is 26.6 Å². The molecule has 0 bridgehead atoms. The molecule has 0 aliphatic carbocycles. The second-order valence-electron chi connectivity index (χ2n) is 6.00. The van der Waals surface area contributed by atoms with Gasteiger partial charge in [-0.1, -0.05) is 42.0 Å². The van der Waals surface area contributed by atoms with Gasteiger partial charge in [0.15, 0.2) is 5.03 Å². The number of benzene rings is 1. The zero-order valence-corrected chi connectivity index (χ0v) is 16.7. The SMILES string of the molecule is C=CC/C(C(=O)OC1OC(=O)C(Cl)=C1Nc1ccccc1C(=O)O)=C(C)\C=C/C. The molecule has 0 radical (unpaired) electrons. The maximum absolute atomic E-state index is 12.7. The second-order valence-corrected chi connectivity index (χ2v) is 6.38. The van der Waals surface area contributed by atoms with Crippen molar-refractivity contribution >= 4 is 35.2 Å². The van der Waals surface area contributed by atoms with Crippen LogP contribution in [0.3, 0.4) is 0 Å². The van der Waals surface area contributed by atoms with E-state index in [1.807, 2.05) is 6.92 Å². The van der Waals surface area contributed by atoms with Crippen LogP contribution in [0.2, 0.25) is 0 Å². The van der Waals surface area contributed by atoms with E-state index < -0.39 is 24.2 Å². The lowest BCUT2D eigenvalue weighted by Crippen LogP contribution is -2.25. The molecule has 7 nitrogen and oxygen atoms in total. The van der Waals surface area contributed by atoms with Gasteiger partial charge in [0, 0.05) is 5.57 Å². The van der Waals surface area contributed by atoms with Crippen molar-refractivity contribution in [3.8, 4) is 0 Å². The molecule has 2 N–H and O–H groups in total. The molecule has 1 aromatic carbocycles. The lowest BCUT2D eigenvalue weighted by Gasteiger charge is -2.18. The number of hydrogen-bond donors (Lipinski definition) is 2. The summed E-state index contributed by atoms with van der Waals surface area (Å²) in [5, 5.41) is 11.7. The fraction of sp³-hybridized carbons (Fsp3) is 0.190. The van der Waals surface area contributed by atoms with Crippen LogP contribution in [0, 0.1) is 0 Å². The summed E-state index contributed by atoms with van der Waals surface area (Å²) >= 11 is 6.01. The number of halogens is 1. The Morgan fingerprint density at radius 3 is 2.69 bits per heavy atom. The Balaban J connectivity index is 2.33. The van der Waals surface area contributed by atoms with E-state index in [1.54, 1.807) is 37.3 Å². The fourth-order valence-corrected chi connectivity index (χ4v) is 2.79. The second kappa shape index (κ2) is 9.75. The van der Waals surface area contributed by atoms with Crippen LogP contribution in [0.15, 0.2) is 70.9 Å². The third-order valence-corrected chi connectivity index (χ3v) is 4.35. The molecule has 1 heterocycles. The quantitative estimate of drug-likeness (QED) is 0.283. The van der Waals surface area contributed by atoms with Crippen LogP contribution in [-0.4, -0.2) is 29.3 Å². The zero-order valence-electron chi connectivity index (χ0n) is 15.9. The highest BCUT2D eigenvalue weighted by atomic mass is 35.5. The van der Waals surface area contributed by atoms with Crippen molar-refractivity contribution in [1.29, 1.82) is 0 Å². The molecule has 0 amide bonds. The third-order valence-electron chi connectivity index (χ3n) is 3.99. The number of ether oxygens (including phenoxy) is 2. The van der Waals surface area contributed by atoms with Crippen molar-refractivity contribution in [2.24, 2.45) is 0 Å². The summed E-state index contributed by atoms with van der Waals surface area (Å²) in [7, 11) is 0. The Morgan fingerprint density at radius 1 is 1.38 bits per heavy atom. The lowest BCUT2D eigenvalue weighted by molar-refractivity contribution is -0.171. The summed E-state index contributed by atoms with van der Waals surface area (Å²) in [6.07, 6.45) is 3.87. The molecular weight excluding hydrogens is 398 g/mol. The van der Waals surface area contributed by atoms with E-state index in [0.29, 0.717) is 11.1 Å². The highest BCUT2D eigenvalue weighted by molar-refractivity contribution is 6.42. The number of allylic oxidation sites excluding steroid dienone is 4. The van der Waals surface area contributed by atoms with Crippen molar-refractivity contribution in [3.63, 3.8) is 0 Å². The van der Waals surface area contributed by atoms with Crippen molar-refractivity contribution in [2.75, 3.05) is 5.32 Å². The molecule has 1 unspecified atom stereocenters. The normalized spacial score (nSPS) is 17.1. The molecule has 1 atom stereocenters. The van der Waals surface area contributed by atoms with Crippen LogP contribution >= 0.6 is 11.6 Å². The topological polar surface area (TPSA) is 102 Å². The van der Waals surface area contributed by atoms with E-state index in [-0.39, 0.29) is 28.4 Å². The van der Waals surface area contributed by atoms with E-state index in [4.69, 9.17) is 21.1 Å². The Hall–Kier alpha value is -3.32. The largest absolute Gasteiger partial charge is 0.478 e. The molecule has 0 aromatic heterocycles. The Kier molecular flexibility index (Phi) is 7.39. The van der Waals surface area contributed by atoms with Crippen molar-refractivity contribution in [1.82, 2.24) is 0 Å². The van der Waals surface area contributed by atoms with Gasteiger partial charge in [-0.15, -0.1) is 6.58 Å². The number of carbonyl (C=O) groups excluding carboxylic acids is 2. The first-order valence-corrected chi connectivity index (χ1v) is 9.02. The molecule has 2 rings (SSSR count). The molecule has 152 valence electrons. The third kappa shape index (κ3) is 5.14. The fourth-order valence-electron chi connectivity index (χ4n) is 2.61. The number of anilines is 1. The predicted molar refractivity (Wildman–Crippen MR) is 108 cm³/mol. The van der Waals surface area contributed by atoms with Gasteiger partial charge in [0.1, 0.15) is 5.70 Å². The van der Waals surface area contributed by atoms with E-state index in [0.717, 1.165) is 0 Å². The molecule has 1 aliphatic rings. The van der Waals surface area contributed by atoms with Gasteiger partial charge in [-0.2, -0.15) is 0 Å². The van der Waals surface area contributed by atoms with Gasteiger partial charge in [0.05, 0.1) is 11.3 Å². The molecule has 8 heteroatoms. The molecule has 0 saturated carbocycles. The van der Waals surface area contributed by atoms with Crippen LogP contribution in [-0.2, 0) is 19.1 Å². The first kappa shape index (κ1) is 22.0. The first-order chi connectivity index (χ1) is 13.8. The number of nitrogens with one attached hydrogen (secondary N) is 1. The highest BCUT2D eigenvalue weighted by Crippen LogP contribution is 2.30. The summed E-state index contributed by atoms with van der Waals surface area (Å²) in [6.45, 7) is 7.18. The maximum Gasteiger partial charge on any atom is 0.355 e. The molecular formula is C21H20ClNO6. The van der Waals surface area contributed by atoms with Crippen LogP contribution in [0.25, 0.3) is 0 Å². The first-order valence-electron chi connectivity index (χ1n) is 8.64. The Morgan fingerprint density at radius 2 is 2.07 bits per heavy atom. The summed E-state index contributed by atoms with van der Waals surface area (Å²) < 4.78 is 10.4. The smallest absolute Gasteiger partial charge is 0.355 e. The van der Waals surface area contributed by atoms with Gasteiger partial charge < -0.3 is 19.9 Å². The Bertz CT molecular complexity index is 944. The number of cyclic esters (lactones) is 1. The molecule has 0 fully saturated rings. The van der Waals surface area contributed by atoms with Gasteiger partial charge in [0.2, 0.25) is 0 Å². The molecule has 0 spiro atoms. The number of aromatic carboxylic acids is 1. The van der Waals surface area contributed by atoms with Crippen LogP contribution in [0.5, 0.6) is 0 Å². The number of rotatable bonds is 8. The average Bonchev–Trinajstić information content (AvgIpc) is 2.93. The van der Waals surface area contributed by atoms with E-state index >= 15 is 0 Å². The van der Waals surface area contributed by atoms with E-state index in [9.17, 15) is 19.5 Å². The van der Waals surface area contributed by atoms with Crippen molar-refractivity contribution in [3.05, 3.63) is 76.5 Å². The highest BCUT2D eigenvalue weighted by Gasteiger charge is 2.37. The monoisotopic (exact) mass is 417 g/mol. The van der Waals surface area contributed by atoms with Crippen molar-refractivity contribution < 1.29 is 29.0 Å². The van der Waals surface area contributed by atoms with Gasteiger partial charge in [-0.25, -0.2) is 14.4 Å². The van der Waals surface area contributed by atoms with Crippen LogP contribution in [0.4, 0.5) is 5.69 Å². The molecule has 29 heavy (non-hydrogen) atoms. The summed E-state index contributed by atoms with van der Waals surface area (Å²) in [5.74, 6) is -2.78. The van der Waals surface area contributed by atoms with Gasteiger partial charge in [-0.05, 0) is 38.0 Å². The maximum atomic E-state index is 12.7. The number of carboxylic acid groups (broad SMARTS) is 1. The molecule has 0 saturated heterocycles. The number of carboxylic acids is 1. The van der Waals surface area contributed by atoms with Gasteiger partial charge >= 0.3 is 17.9 Å². The summed E-state index contributed by atoms with van der Waals surface area (Å²) in [4.78, 5) is 36.0. The standard InChI is InChI=1S/C21H20ClNO6/c1-4-8-12(3)13(9-5-2)19(26)28-21-17(16(22)20(27)29-21)23-15-11-7-6-10-14(15)18(24)25/h4-8,10-11,21,23H,2,9H2,1,3H3,(H,24,25)/b8-4-,13-12+. The number of para-hydroxylation sites is 1. The number of esters is 2.